The number of likely N-dealkylation sites (N-methyl/N-ethyl adjacent to an activating group) is 1. The summed E-state index contributed by atoms with van der Waals surface area (Å²) >= 11 is 1.62. The Kier molecular flexibility index (Phi) is 8.34. The number of amides is 2. The molecule has 0 aliphatic rings. The Balaban J connectivity index is 1.69. The Morgan fingerprint density at radius 1 is 0.964 bits per heavy atom. The summed E-state index contributed by atoms with van der Waals surface area (Å²) < 4.78 is 39.6. The second-order valence-corrected chi connectivity index (χ2v) is 7.26. The van der Waals surface area contributed by atoms with Gasteiger partial charge in [0.25, 0.3) is 11.8 Å². The molecule has 0 aromatic heterocycles. The van der Waals surface area contributed by atoms with Crippen molar-refractivity contribution >= 4 is 29.3 Å². The van der Waals surface area contributed by atoms with E-state index in [2.05, 4.69) is 10.6 Å². The maximum absolute atomic E-state index is 13.6. The van der Waals surface area contributed by atoms with Gasteiger partial charge in [0.2, 0.25) is 0 Å². The number of anilines is 1. The zero-order chi connectivity index (χ0) is 20.5. The summed E-state index contributed by atoms with van der Waals surface area (Å²) in [4.78, 5) is 25.5. The zero-order valence-corrected chi connectivity index (χ0v) is 16.0. The number of carbonyl (C=O) groups is 2. The molecule has 3 N–H and O–H groups in total. The van der Waals surface area contributed by atoms with Crippen LogP contribution in [0.4, 0.5) is 18.9 Å². The summed E-state index contributed by atoms with van der Waals surface area (Å²) in [5.41, 5.74) is -0.445. The number of hydrogen-bond donors (Lipinski definition) is 3. The van der Waals surface area contributed by atoms with Gasteiger partial charge in [-0.25, -0.2) is 13.2 Å². The maximum Gasteiger partial charge on any atom is 0.279 e. The molecule has 2 rings (SSSR count). The topological polar surface area (TPSA) is 62.6 Å². The van der Waals surface area contributed by atoms with Crippen molar-refractivity contribution < 1.29 is 27.7 Å². The average Bonchev–Trinajstić information content (AvgIpc) is 2.66. The molecule has 0 aliphatic carbocycles. The second kappa shape index (κ2) is 10.7. The molecular formula is C19H21F3N3O2S+. The number of thioether (sulfide) groups is 1. The molecule has 1 unspecified atom stereocenters. The minimum absolute atomic E-state index is 0.0453. The Labute approximate surface area is 165 Å². The van der Waals surface area contributed by atoms with E-state index in [1.54, 1.807) is 18.8 Å². The number of rotatable bonds is 9. The van der Waals surface area contributed by atoms with E-state index in [1.807, 2.05) is 30.3 Å². The van der Waals surface area contributed by atoms with Gasteiger partial charge >= 0.3 is 0 Å². The van der Waals surface area contributed by atoms with Crippen molar-refractivity contribution in [2.75, 3.05) is 37.8 Å². The Bertz CT molecular complexity index is 822. The second-order valence-electron chi connectivity index (χ2n) is 6.09. The third-order valence-electron chi connectivity index (χ3n) is 3.67. The first-order valence-electron chi connectivity index (χ1n) is 8.56. The molecule has 1 atom stereocenters. The van der Waals surface area contributed by atoms with Crippen LogP contribution in [0.15, 0.2) is 47.4 Å². The molecule has 2 aromatic carbocycles. The van der Waals surface area contributed by atoms with Gasteiger partial charge in [0.05, 0.1) is 12.7 Å². The third-order valence-corrected chi connectivity index (χ3v) is 4.68. The summed E-state index contributed by atoms with van der Waals surface area (Å²) in [6, 6.07) is 11.5. The molecule has 0 aliphatic heterocycles. The summed E-state index contributed by atoms with van der Waals surface area (Å²) in [5.74, 6) is -4.57. The number of halogens is 3. The highest BCUT2D eigenvalue weighted by Crippen LogP contribution is 2.19. The number of carbonyl (C=O) groups excluding carboxylic acids is 2. The number of quaternary nitrogens is 1. The van der Waals surface area contributed by atoms with Crippen molar-refractivity contribution in [2.24, 2.45) is 0 Å². The lowest BCUT2D eigenvalue weighted by atomic mass is 10.2. The molecule has 0 saturated heterocycles. The lowest BCUT2D eigenvalue weighted by Gasteiger charge is -2.14. The van der Waals surface area contributed by atoms with E-state index in [-0.39, 0.29) is 19.0 Å². The average molecular weight is 412 g/mol. The maximum atomic E-state index is 13.6. The molecule has 0 heterocycles. The van der Waals surface area contributed by atoms with Crippen molar-refractivity contribution in [1.82, 2.24) is 5.32 Å². The van der Waals surface area contributed by atoms with Gasteiger partial charge < -0.3 is 15.5 Å². The molecule has 0 bridgehead atoms. The predicted molar refractivity (Wildman–Crippen MR) is 102 cm³/mol. The first kappa shape index (κ1) is 21.8. The summed E-state index contributed by atoms with van der Waals surface area (Å²) in [7, 11) is 1.62. The Morgan fingerprint density at radius 3 is 2.36 bits per heavy atom. The van der Waals surface area contributed by atoms with E-state index < -0.39 is 29.0 Å². The zero-order valence-electron chi connectivity index (χ0n) is 15.2. The number of benzene rings is 2. The fourth-order valence-corrected chi connectivity index (χ4v) is 3.16. The third kappa shape index (κ3) is 6.90. The van der Waals surface area contributed by atoms with Crippen molar-refractivity contribution in [3.8, 4) is 0 Å². The summed E-state index contributed by atoms with van der Waals surface area (Å²) in [6.45, 7) is 0.395. The van der Waals surface area contributed by atoms with Crippen LogP contribution < -0.4 is 15.5 Å². The van der Waals surface area contributed by atoms with Crippen LogP contribution in [0.2, 0.25) is 0 Å². The van der Waals surface area contributed by atoms with E-state index in [9.17, 15) is 22.8 Å². The first-order valence-corrected chi connectivity index (χ1v) is 9.54. The van der Waals surface area contributed by atoms with Crippen molar-refractivity contribution in [3.63, 3.8) is 0 Å². The van der Waals surface area contributed by atoms with Crippen LogP contribution in [0.5, 0.6) is 0 Å². The molecule has 0 fully saturated rings. The lowest BCUT2D eigenvalue weighted by molar-refractivity contribution is -0.862. The standard InChI is InChI=1S/C19H20F3N3O2S/c1-25(11-16(26)23-9-10-28-13-5-3-2-4-6-13)12-17(27)24-15-8-7-14(20)18(21)19(15)22/h2-8H,9-12H2,1H3,(H,23,26)(H,24,27)/p+1. The quantitative estimate of drug-likeness (QED) is 0.332. The molecule has 2 aromatic rings. The van der Waals surface area contributed by atoms with Gasteiger partial charge in [-0.2, -0.15) is 0 Å². The fraction of sp³-hybridized carbons (Fsp3) is 0.263. The number of hydrogen-bond acceptors (Lipinski definition) is 3. The van der Waals surface area contributed by atoms with Crippen LogP contribution in [0.1, 0.15) is 0 Å². The summed E-state index contributed by atoms with van der Waals surface area (Å²) in [5, 5.41) is 4.94. The van der Waals surface area contributed by atoms with Gasteiger partial charge in [-0.05, 0) is 24.3 Å². The monoisotopic (exact) mass is 412 g/mol. The van der Waals surface area contributed by atoms with E-state index in [0.29, 0.717) is 17.2 Å². The molecule has 0 saturated carbocycles. The van der Waals surface area contributed by atoms with Gasteiger partial charge in [-0.3, -0.25) is 9.59 Å². The van der Waals surface area contributed by atoms with Gasteiger partial charge in [0.15, 0.2) is 30.5 Å². The van der Waals surface area contributed by atoms with E-state index in [0.717, 1.165) is 17.0 Å². The van der Waals surface area contributed by atoms with E-state index in [1.165, 1.54) is 0 Å². The molecule has 0 radical (unpaired) electrons. The Morgan fingerprint density at radius 2 is 1.64 bits per heavy atom. The normalized spacial score (nSPS) is 11.7. The molecule has 0 spiro atoms. The highest BCUT2D eigenvalue weighted by molar-refractivity contribution is 7.99. The SMILES string of the molecule is C[NH+](CC(=O)NCCSc1ccccc1)CC(=O)Nc1ccc(F)c(F)c1F. The smallest absolute Gasteiger partial charge is 0.279 e. The van der Waals surface area contributed by atoms with Gasteiger partial charge in [-0.15, -0.1) is 11.8 Å². The van der Waals surface area contributed by atoms with Gasteiger partial charge in [0.1, 0.15) is 0 Å². The van der Waals surface area contributed by atoms with Crippen LogP contribution in [-0.2, 0) is 9.59 Å². The Hall–Kier alpha value is -2.52. The van der Waals surface area contributed by atoms with Gasteiger partial charge in [0, 0.05) is 17.2 Å². The highest BCUT2D eigenvalue weighted by Gasteiger charge is 2.18. The molecule has 9 heteroatoms. The largest absolute Gasteiger partial charge is 0.350 e. The minimum Gasteiger partial charge on any atom is -0.350 e. The predicted octanol–water partition coefficient (Wildman–Crippen LogP) is 1.47. The van der Waals surface area contributed by atoms with Crippen LogP contribution in [-0.4, -0.2) is 44.2 Å². The highest BCUT2D eigenvalue weighted by atomic mass is 32.2. The number of nitrogens with one attached hydrogen (secondary N) is 3. The fourth-order valence-electron chi connectivity index (χ4n) is 2.37. The lowest BCUT2D eigenvalue weighted by Crippen LogP contribution is -3.11. The van der Waals surface area contributed by atoms with Crippen LogP contribution in [0.3, 0.4) is 0 Å². The van der Waals surface area contributed by atoms with Crippen molar-refractivity contribution in [1.29, 1.82) is 0 Å². The molecule has 28 heavy (non-hydrogen) atoms. The minimum atomic E-state index is -1.65. The van der Waals surface area contributed by atoms with Crippen molar-refractivity contribution in [2.45, 2.75) is 4.90 Å². The van der Waals surface area contributed by atoms with Crippen LogP contribution >= 0.6 is 11.8 Å². The summed E-state index contributed by atoms with van der Waals surface area (Å²) in [6.07, 6.45) is 0. The van der Waals surface area contributed by atoms with Gasteiger partial charge in [-0.1, -0.05) is 18.2 Å². The molecule has 150 valence electrons. The molecule has 5 nitrogen and oxygen atoms in total. The van der Waals surface area contributed by atoms with Crippen LogP contribution in [0, 0.1) is 17.5 Å². The molecular weight excluding hydrogens is 391 g/mol. The van der Waals surface area contributed by atoms with Crippen LogP contribution in [0.25, 0.3) is 0 Å². The molecule has 2 amide bonds. The van der Waals surface area contributed by atoms with E-state index in [4.69, 9.17) is 0 Å². The van der Waals surface area contributed by atoms with E-state index >= 15 is 0 Å². The first-order chi connectivity index (χ1) is 13.4. The van der Waals surface area contributed by atoms with Crippen molar-refractivity contribution in [3.05, 3.63) is 59.9 Å².